The van der Waals surface area contributed by atoms with Gasteiger partial charge in [-0.3, -0.25) is 25.2 Å². The SMILES string of the molecule is Cc1nc2ncnn2c(C)c1CC(=O)NNC(=O)CN1CCCCCC1=O. The van der Waals surface area contributed by atoms with E-state index in [0.717, 1.165) is 30.5 Å². The number of amides is 3. The van der Waals surface area contributed by atoms with Gasteiger partial charge >= 0.3 is 0 Å². The highest BCUT2D eigenvalue weighted by Gasteiger charge is 2.20. The lowest BCUT2D eigenvalue weighted by molar-refractivity contribution is -0.136. The highest BCUT2D eigenvalue weighted by molar-refractivity contribution is 5.87. The van der Waals surface area contributed by atoms with Crippen LogP contribution in [0.1, 0.15) is 42.6 Å². The van der Waals surface area contributed by atoms with E-state index in [2.05, 4.69) is 25.9 Å². The van der Waals surface area contributed by atoms with Crippen LogP contribution in [0, 0.1) is 13.8 Å². The van der Waals surface area contributed by atoms with Crippen molar-refractivity contribution in [2.75, 3.05) is 13.1 Å². The third-order valence-electron chi connectivity index (χ3n) is 4.67. The summed E-state index contributed by atoms with van der Waals surface area (Å²) in [5.41, 5.74) is 6.95. The van der Waals surface area contributed by atoms with Gasteiger partial charge in [0.2, 0.25) is 11.8 Å². The van der Waals surface area contributed by atoms with E-state index in [1.807, 2.05) is 6.92 Å². The molecule has 2 aromatic heterocycles. The van der Waals surface area contributed by atoms with Crippen LogP contribution < -0.4 is 10.9 Å². The van der Waals surface area contributed by atoms with Gasteiger partial charge in [-0.05, 0) is 26.7 Å². The van der Waals surface area contributed by atoms with Gasteiger partial charge < -0.3 is 4.90 Å². The average molecular weight is 373 g/mol. The Morgan fingerprint density at radius 1 is 1.15 bits per heavy atom. The zero-order valence-electron chi connectivity index (χ0n) is 15.5. The molecule has 0 atom stereocenters. The number of likely N-dealkylation sites (tertiary alicyclic amines) is 1. The molecule has 10 heteroatoms. The molecule has 2 aromatic rings. The first kappa shape index (κ1) is 18.7. The van der Waals surface area contributed by atoms with Gasteiger partial charge in [-0.15, -0.1) is 0 Å². The molecule has 2 N–H and O–H groups in total. The summed E-state index contributed by atoms with van der Waals surface area (Å²) >= 11 is 0. The van der Waals surface area contributed by atoms with E-state index in [1.54, 1.807) is 11.4 Å². The van der Waals surface area contributed by atoms with E-state index in [0.29, 0.717) is 24.4 Å². The molecule has 0 saturated carbocycles. The van der Waals surface area contributed by atoms with E-state index in [1.165, 1.54) is 11.2 Å². The van der Waals surface area contributed by atoms with Crippen LogP contribution in [0.15, 0.2) is 6.33 Å². The van der Waals surface area contributed by atoms with Crippen molar-refractivity contribution >= 4 is 23.5 Å². The minimum absolute atomic E-state index is 0.0209. The number of nitrogens with one attached hydrogen (secondary N) is 2. The molecular formula is C17H23N7O3. The summed E-state index contributed by atoms with van der Waals surface area (Å²) < 4.78 is 1.57. The van der Waals surface area contributed by atoms with Gasteiger partial charge in [0, 0.05) is 29.9 Å². The summed E-state index contributed by atoms with van der Waals surface area (Å²) in [5.74, 6) is -0.341. The van der Waals surface area contributed by atoms with Crippen LogP contribution in [0.3, 0.4) is 0 Å². The second kappa shape index (κ2) is 8.11. The molecule has 3 heterocycles. The maximum absolute atomic E-state index is 12.2. The number of hydrogen-bond acceptors (Lipinski definition) is 6. The number of aryl methyl sites for hydroxylation is 2. The second-order valence-electron chi connectivity index (χ2n) is 6.63. The first-order chi connectivity index (χ1) is 13.0. The second-order valence-corrected chi connectivity index (χ2v) is 6.63. The number of rotatable bonds is 4. The van der Waals surface area contributed by atoms with Crippen LogP contribution in [0.4, 0.5) is 0 Å². The molecule has 1 saturated heterocycles. The van der Waals surface area contributed by atoms with E-state index < -0.39 is 5.91 Å². The van der Waals surface area contributed by atoms with E-state index in [4.69, 9.17) is 0 Å². The van der Waals surface area contributed by atoms with Gasteiger partial charge in [0.1, 0.15) is 12.9 Å². The molecule has 144 valence electrons. The molecule has 0 unspecified atom stereocenters. The van der Waals surface area contributed by atoms with E-state index in [9.17, 15) is 14.4 Å². The van der Waals surface area contributed by atoms with Crippen LogP contribution in [0.5, 0.6) is 0 Å². The van der Waals surface area contributed by atoms with Crippen molar-refractivity contribution < 1.29 is 14.4 Å². The lowest BCUT2D eigenvalue weighted by atomic mass is 10.1. The molecule has 3 amide bonds. The Balaban J connectivity index is 1.55. The first-order valence-corrected chi connectivity index (χ1v) is 8.97. The van der Waals surface area contributed by atoms with Crippen LogP contribution in [0.25, 0.3) is 5.78 Å². The Kier molecular flexibility index (Phi) is 5.63. The van der Waals surface area contributed by atoms with Crippen molar-refractivity contribution in [3.8, 4) is 0 Å². The molecule has 1 aliphatic heterocycles. The lowest BCUT2D eigenvalue weighted by Gasteiger charge is -2.20. The van der Waals surface area contributed by atoms with Crippen molar-refractivity contribution in [3.05, 3.63) is 23.3 Å². The van der Waals surface area contributed by atoms with Gasteiger partial charge in [0.05, 0.1) is 6.42 Å². The lowest BCUT2D eigenvalue weighted by Crippen LogP contribution is -2.48. The number of fused-ring (bicyclic) bond motifs is 1. The molecular weight excluding hydrogens is 350 g/mol. The smallest absolute Gasteiger partial charge is 0.257 e. The van der Waals surface area contributed by atoms with Gasteiger partial charge in [-0.2, -0.15) is 10.1 Å². The summed E-state index contributed by atoms with van der Waals surface area (Å²) in [7, 11) is 0. The maximum Gasteiger partial charge on any atom is 0.257 e. The van der Waals surface area contributed by atoms with Gasteiger partial charge in [0.15, 0.2) is 0 Å². The number of carbonyl (C=O) groups excluding carboxylic acids is 3. The van der Waals surface area contributed by atoms with Crippen molar-refractivity contribution in [3.63, 3.8) is 0 Å². The van der Waals surface area contributed by atoms with Crippen molar-refractivity contribution in [2.24, 2.45) is 0 Å². The third-order valence-corrected chi connectivity index (χ3v) is 4.67. The fraction of sp³-hybridized carbons (Fsp3) is 0.529. The molecule has 10 nitrogen and oxygen atoms in total. The Labute approximate surface area is 156 Å². The Morgan fingerprint density at radius 2 is 1.93 bits per heavy atom. The molecule has 27 heavy (non-hydrogen) atoms. The summed E-state index contributed by atoms with van der Waals surface area (Å²) in [4.78, 5) is 46.1. The topological polar surface area (TPSA) is 122 Å². The number of hydrazine groups is 1. The molecule has 3 rings (SSSR count). The number of carbonyl (C=O) groups is 3. The molecule has 0 spiro atoms. The molecule has 0 radical (unpaired) electrons. The number of nitrogens with zero attached hydrogens (tertiary/aromatic N) is 5. The van der Waals surface area contributed by atoms with Crippen LogP contribution in [-0.4, -0.2) is 55.3 Å². The predicted octanol–water partition coefficient (Wildman–Crippen LogP) is -0.166. The summed E-state index contributed by atoms with van der Waals surface area (Å²) in [5, 5.41) is 4.09. The van der Waals surface area contributed by atoms with Crippen LogP contribution in [-0.2, 0) is 20.8 Å². The first-order valence-electron chi connectivity index (χ1n) is 8.97. The van der Waals surface area contributed by atoms with Gasteiger partial charge in [-0.25, -0.2) is 9.50 Å². The quantitative estimate of drug-likeness (QED) is 0.718. The Morgan fingerprint density at radius 3 is 2.74 bits per heavy atom. The Hall–Kier alpha value is -3.04. The van der Waals surface area contributed by atoms with Crippen LogP contribution in [0.2, 0.25) is 0 Å². The molecule has 1 aliphatic rings. The third kappa shape index (κ3) is 4.39. The minimum Gasteiger partial charge on any atom is -0.333 e. The van der Waals surface area contributed by atoms with Crippen molar-refractivity contribution in [1.82, 2.24) is 35.3 Å². The molecule has 1 fully saturated rings. The summed E-state index contributed by atoms with van der Waals surface area (Å²) in [6.07, 6.45) is 4.66. The standard InChI is InChI=1S/C17H23N7O3/c1-11-13(12(2)24-17(20-11)18-10-19-24)8-14(25)21-22-15(26)9-23-7-5-3-4-6-16(23)27/h10H,3-9H2,1-2H3,(H,21,25)(H,22,26). The number of aromatic nitrogens is 4. The van der Waals surface area contributed by atoms with Gasteiger partial charge in [0.25, 0.3) is 11.7 Å². The molecule has 0 bridgehead atoms. The highest BCUT2D eigenvalue weighted by Crippen LogP contribution is 2.13. The zero-order valence-corrected chi connectivity index (χ0v) is 15.5. The van der Waals surface area contributed by atoms with Crippen LogP contribution >= 0.6 is 0 Å². The number of hydrogen-bond donors (Lipinski definition) is 2. The van der Waals surface area contributed by atoms with E-state index in [-0.39, 0.29) is 24.8 Å². The van der Waals surface area contributed by atoms with Crippen molar-refractivity contribution in [1.29, 1.82) is 0 Å². The fourth-order valence-corrected chi connectivity index (χ4v) is 3.17. The summed E-state index contributed by atoms with van der Waals surface area (Å²) in [6.45, 7) is 4.15. The largest absolute Gasteiger partial charge is 0.333 e. The average Bonchev–Trinajstić information content (AvgIpc) is 3.01. The zero-order chi connectivity index (χ0) is 19.4. The van der Waals surface area contributed by atoms with Gasteiger partial charge in [-0.1, -0.05) is 6.42 Å². The monoisotopic (exact) mass is 373 g/mol. The Bertz CT molecular complexity index is 877. The normalized spacial score (nSPS) is 14.9. The fourth-order valence-electron chi connectivity index (χ4n) is 3.17. The minimum atomic E-state index is -0.420. The van der Waals surface area contributed by atoms with Crippen molar-refractivity contribution in [2.45, 2.75) is 46.0 Å². The molecule has 0 aliphatic carbocycles. The van der Waals surface area contributed by atoms with E-state index >= 15 is 0 Å². The predicted molar refractivity (Wildman–Crippen MR) is 95.3 cm³/mol. The molecule has 0 aromatic carbocycles. The highest BCUT2D eigenvalue weighted by atomic mass is 16.2. The summed E-state index contributed by atoms with van der Waals surface area (Å²) in [6, 6.07) is 0. The maximum atomic E-state index is 12.2.